The van der Waals surface area contributed by atoms with Crippen LogP contribution in [-0.4, -0.2) is 75.2 Å². The molecule has 4 heterocycles. The molecule has 2 fully saturated rings. The Hall–Kier alpha value is -2.02. The number of carbonyl (C=O) groups is 2. The van der Waals surface area contributed by atoms with E-state index >= 15 is 0 Å². The lowest BCUT2D eigenvalue weighted by atomic mass is 10.0. The lowest BCUT2D eigenvalue weighted by molar-refractivity contribution is -0.135. The van der Waals surface area contributed by atoms with Crippen molar-refractivity contribution in [3.05, 3.63) is 23.3 Å². The maximum absolute atomic E-state index is 13.0. The zero-order valence-corrected chi connectivity index (χ0v) is 17.1. The van der Waals surface area contributed by atoms with Gasteiger partial charge in [0.05, 0.1) is 11.7 Å². The van der Waals surface area contributed by atoms with Crippen LogP contribution in [0.25, 0.3) is 0 Å². The van der Waals surface area contributed by atoms with E-state index in [9.17, 15) is 9.59 Å². The molecule has 0 unspecified atom stereocenters. The molecule has 7 nitrogen and oxygen atoms in total. The van der Waals surface area contributed by atoms with Crippen LogP contribution >= 0.6 is 0 Å². The van der Waals surface area contributed by atoms with Crippen molar-refractivity contribution in [3.8, 4) is 0 Å². The number of carbonyl (C=O) groups excluding carboxylic acids is 2. The number of fused-ring (bicyclic) bond motifs is 1. The Morgan fingerprint density at radius 1 is 1.11 bits per heavy atom. The number of aromatic nitrogens is 2. The van der Waals surface area contributed by atoms with Gasteiger partial charge in [0.2, 0.25) is 11.8 Å². The zero-order valence-electron chi connectivity index (χ0n) is 17.1. The molecule has 2 saturated heterocycles. The molecule has 2 atom stereocenters. The minimum atomic E-state index is -0.0268. The van der Waals surface area contributed by atoms with Gasteiger partial charge in [0.1, 0.15) is 5.82 Å². The molecule has 0 bridgehead atoms. The second kappa shape index (κ2) is 8.15. The third-order valence-corrected chi connectivity index (χ3v) is 6.56. The smallest absolute Gasteiger partial charge is 0.239 e. The van der Waals surface area contributed by atoms with Crippen molar-refractivity contribution < 1.29 is 9.59 Å². The summed E-state index contributed by atoms with van der Waals surface area (Å²) in [6.07, 6.45) is 7.27. The number of nitrogens with zero attached hydrogens (tertiary/aromatic N) is 5. The Bertz CT molecular complexity index is 746. The Morgan fingerprint density at radius 2 is 1.89 bits per heavy atom. The predicted molar refractivity (Wildman–Crippen MR) is 106 cm³/mol. The molecule has 0 spiro atoms. The number of piperidine rings is 1. The van der Waals surface area contributed by atoms with Crippen molar-refractivity contribution in [2.45, 2.75) is 64.5 Å². The van der Waals surface area contributed by atoms with E-state index in [0.29, 0.717) is 6.54 Å². The fraction of sp³-hybridized carbons (Fsp3) is 0.714. The number of likely N-dealkylation sites (tertiary alicyclic amines) is 2. The molecule has 0 N–H and O–H groups in total. The maximum atomic E-state index is 13.0. The van der Waals surface area contributed by atoms with Gasteiger partial charge in [0.25, 0.3) is 0 Å². The molecule has 4 rings (SSSR count). The van der Waals surface area contributed by atoms with Crippen LogP contribution in [0.15, 0.2) is 6.20 Å². The first-order valence-corrected chi connectivity index (χ1v) is 10.7. The van der Waals surface area contributed by atoms with E-state index in [1.165, 1.54) is 19.3 Å². The topological polar surface area (TPSA) is 69.6 Å². The van der Waals surface area contributed by atoms with Crippen molar-refractivity contribution >= 4 is 11.8 Å². The highest BCUT2D eigenvalue weighted by Gasteiger charge is 2.34. The molecule has 3 aliphatic heterocycles. The SMILES string of the molecule is CC(=O)N1CCc2nc([C@H]3CCN(C(=O)[C@@H](C)N4CCCCC4)C3)ncc2C1. The second-order valence-corrected chi connectivity index (χ2v) is 8.43. The number of rotatable bonds is 3. The fourth-order valence-corrected chi connectivity index (χ4v) is 4.69. The van der Waals surface area contributed by atoms with Crippen LogP contribution < -0.4 is 0 Å². The van der Waals surface area contributed by atoms with Crippen molar-refractivity contribution in [2.75, 3.05) is 32.7 Å². The summed E-state index contributed by atoms with van der Waals surface area (Å²) in [6, 6.07) is -0.0268. The van der Waals surface area contributed by atoms with Crippen molar-refractivity contribution in [3.63, 3.8) is 0 Å². The minimum Gasteiger partial charge on any atom is -0.341 e. The van der Waals surface area contributed by atoms with E-state index in [4.69, 9.17) is 4.98 Å². The summed E-state index contributed by atoms with van der Waals surface area (Å²) in [4.78, 5) is 40.1. The van der Waals surface area contributed by atoms with Crippen LogP contribution in [0.3, 0.4) is 0 Å². The van der Waals surface area contributed by atoms with Gasteiger partial charge < -0.3 is 9.80 Å². The van der Waals surface area contributed by atoms with Crippen molar-refractivity contribution in [1.82, 2.24) is 24.7 Å². The summed E-state index contributed by atoms with van der Waals surface area (Å²) in [5.74, 6) is 1.42. The molecule has 2 amide bonds. The van der Waals surface area contributed by atoms with Gasteiger partial charge in [0, 0.05) is 57.2 Å². The van der Waals surface area contributed by atoms with Gasteiger partial charge in [-0.1, -0.05) is 6.42 Å². The van der Waals surface area contributed by atoms with Gasteiger partial charge in [-0.15, -0.1) is 0 Å². The molecular weight excluding hydrogens is 354 g/mol. The zero-order chi connectivity index (χ0) is 19.7. The highest BCUT2D eigenvalue weighted by atomic mass is 16.2. The summed E-state index contributed by atoms with van der Waals surface area (Å²) in [7, 11) is 0. The normalized spacial score (nSPS) is 24.1. The average molecular weight is 386 g/mol. The average Bonchev–Trinajstić information content (AvgIpc) is 3.22. The first kappa shape index (κ1) is 19.3. The Morgan fingerprint density at radius 3 is 2.64 bits per heavy atom. The minimum absolute atomic E-state index is 0.0268. The molecule has 0 aromatic carbocycles. The molecule has 152 valence electrons. The number of amides is 2. The third-order valence-electron chi connectivity index (χ3n) is 6.56. The molecular formula is C21H31N5O2. The maximum Gasteiger partial charge on any atom is 0.239 e. The molecule has 1 aromatic rings. The summed E-state index contributed by atoms with van der Waals surface area (Å²) < 4.78 is 0. The standard InChI is InChI=1S/C21H31N5O2/c1-15(24-8-4-3-5-9-24)21(28)26-10-6-17(13-26)20-22-12-18-14-25(16(2)27)11-7-19(18)23-20/h12,15,17H,3-11,13-14H2,1-2H3/t15-,17+/m1/s1. The Balaban J connectivity index is 1.39. The largest absolute Gasteiger partial charge is 0.341 e. The predicted octanol–water partition coefficient (Wildman–Crippen LogP) is 1.57. The summed E-state index contributed by atoms with van der Waals surface area (Å²) >= 11 is 0. The summed E-state index contributed by atoms with van der Waals surface area (Å²) in [6.45, 7) is 8.57. The van der Waals surface area contributed by atoms with Crippen molar-refractivity contribution in [2.24, 2.45) is 0 Å². The second-order valence-electron chi connectivity index (χ2n) is 8.43. The summed E-state index contributed by atoms with van der Waals surface area (Å²) in [5.41, 5.74) is 2.11. The van der Waals surface area contributed by atoms with Crippen LogP contribution in [0.1, 0.15) is 62.5 Å². The highest BCUT2D eigenvalue weighted by molar-refractivity contribution is 5.81. The van der Waals surface area contributed by atoms with Gasteiger partial charge >= 0.3 is 0 Å². The molecule has 3 aliphatic rings. The van der Waals surface area contributed by atoms with Crippen LogP contribution in [0.2, 0.25) is 0 Å². The van der Waals surface area contributed by atoms with Gasteiger partial charge in [-0.2, -0.15) is 0 Å². The van der Waals surface area contributed by atoms with Crippen LogP contribution in [0.5, 0.6) is 0 Å². The van der Waals surface area contributed by atoms with E-state index < -0.39 is 0 Å². The summed E-state index contributed by atoms with van der Waals surface area (Å²) in [5, 5.41) is 0. The highest BCUT2D eigenvalue weighted by Crippen LogP contribution is 2.27. The van der Waals surface area contributed by atoms with Gasteiger partial charge in [0.15, 0.2) is 0 Å². The number of hydrogen-bond donors (Lipinski definition) is 0. The lowest BCUT2D eigenvalue weighted by Crippen LogP contribution is -2.48. The van der Waals surface area contributed by atoms with E-state index in [0.717, 1.165) is 62.6 Å². The first-order valence-electron chi connectivity index (χ1n) is 10.7. The van der Waals surface area contributed by atoms with Crippen LogP contribution in [0.4, 0.5) is 0 Å². The molecule has 28 heavy (non-hydrogen) atoms. The third kappa shape index (κ3) is 3.90. The first-order chi connectivity index (χ1) is 13.5. The quantitative estimate of drug-likeness (QED) is 0.790. The monoisotopic (exact) mass is 385 g/mol. The molecule has 7 heteroatoms. The van der Waals surface area contributed by atoms with Gasteiger partial charge in [-0.25, -0.2) is 9.97 Å². The fourth-order valence-electron chi connectivity index (χ4n) is 4.69. The van der Waals surface area contributed by atoms with Crippen LogP contribution in [-0.2, 0) is 22.6 Å². The Labute approximate surface area is 167 Å². The number of hydrogen-bond acceptors (Lipinski definition) is 5. The van der Waals surface area contributed by atoms with E-state index in [2.05, 4.69) is 16.8 Å². The van der Waals surface area contributed by atoms with Crippen LogP contribution in [0, 0.1) is 0 Å². The van der Waals surface area contributed by atoms with E-state index in [1.54, 1.807) is 6.92 Å². The molecule has 0 radical (unpaired) electrons. The molecule has 0 aliphatic carbocycles. The van der Waals surface area contributed by atoms with E-state index in [-0.39, 0.29) is 23.8 Å². The Kier molecular flexibility index (Phi) is 5.62. The molecule has 1 aromatic heterocycles. The molecule has 0 saturated carbocycles. The van der Waals surface area contributed by atoms with Gasteiger partial charge in [-0.05, 0) is 39.3 Å². The van der Waals surface area contributed by atoms with E-state index in [1.807, 2.05) is 16.0 Å². The van der Waals surface area contributed by atoms with Gasteiger partial charge in [-0.3, -0.25) is 14.5 Å². The van der Waals surface area contributed by atoms with Crippen molar-refractivity contribution in [1.29, 1.82) is 0 Å². The lowest BCUT2D eigenvalue weighted by Gasteiger charge is -2.33.